The summed E-state index contributed by atoms with van der Waals surface area (Å²) in [6.45, 7) is 2.67. The third-order valence-electron chi connectivity index (χ3n) is 3.29. The van der Waals surface area contributed by atoms with Gasteiger partial charge in [-0.3, -0.25) is 0 Å². The number of benzene rings is 1. The van der Waals surface area contributed by atoms with Crippen LogP contribution < -0.4 is 10.1 Å². The smallest absolute Gasteiger partial charge is 0.405 e. The maximum atomic E-state index is 12.3. The molecule has 0 radical (unpaired) electrons. The van der Waals surface area contributed by atoms with Crippen LogP contribution in [-0.4, -0.2) is 26.1 Å². The van der Waals surface area contributed by atoms with Gasteiger partial charge in [-0.05, 0) is 31.4 Å². The summed E-state index contributed by atoms with van der Waals surface area (Å²) >= 11 is 0. The molecule has 0 saturated carbocycles. The van der Waals surface area contributed by atoms with E-state index < -0.39 is 6.36 Å². The van der Waals surface area contributed by atoms with Gasteiger partial charge in [-0.1, -0.05) is 18.2 Å². The molecule has 1 aliphatic rings. The molecule has 0 spiro atoms. The van der Waals surface area contributed by atoms with Crippen molar-refractivity contribution in [3.05, 3.63) is 29.8 Å². The predicted molar refractivity (Wildman–Crippen MR) is 68.4 cm³/mol. The summed E-state index contributed by atoms with van der Waals surface area (Å²) in [5.41, 5.74) is 0.511. The van der Waals surface area contributed by atoms with Crippen LogP contribution in [-0.2, 0) is 11.3 Å². The van der Waals surface area contributed by atoms with Crippen molar-refractivity contribution in [3.8, 4) is 5.75 Å². The van der Waals surface area contributed by atoms with Gasteiger partial charge in [0.05, 0.1) is 0 Å². The van der Waals surface area contributed by atoms with Crippen LogP contribution in [0.2, 0.25) is 0 Å². The quantitative estimate of drug-likeness (QED) is 0.903. The number of rotatable bonds is 5. The molecular formula is C14H18F3NO2. The van der Waals surface area contributed by atoms with E-state index in [1.54, 1.807) is 12.1 Å². The van der Waals surface area contributed by atoms with Crippen LogP contribution in [0.5, 0.6) is 5.75 Å². The lowest BCUT2D eigenvalue weighted by Crippen LogP contribution is -2.28. The summed E-state index contributed by atoms with van der Waals surface area (Å²) in [4.78, 5) is 0. The molecule has 1 fully saturated rings. The Hall–Kier alpha value is -1.27. The summed E-state index contributed by atoms with van der Waals surface area (Å²) in [5.74, 6) is 0.388. The van der Waals surface area contributed by atoms with Gasteiger partial charge in [-0.15, -0.1) is 13.2 Å². The van der Waals surface area contributed by atoms with E-state index in [-0.39, 0.29) is 5.75 Å². The maximum Gasteiger partial charge on any atom is 0.573 e. The molecule has 6 heteroatoms. The fourth-order valence-electron chi connectivity index (χ4n) is 2.24. The Morgan fingerprint density at radius 1 is 1.20 bits per heavy atom. The third-order valence-corrected chi connectivity index (χ3v) is 3.29. The first-order chi connectivity index (χ1) is 9.54. The van der Waals surface area contributed by atoms with Gasteiger partial charge in [-0.25, -0.2) is 0 Å². The van der Waals surface area contributed by atoms with Crippen molar-refractivity contribution in [2.45, 2.75) is 25.7 Å². The van der Waals surface area contributed by atoms with Crippen LogP contribution in [0.3, 0.4) is 0 Å². The van der Waals surface area contributed by atoms with Gasteiger partial charge in [0, 0.05) is 25.3 Å². The van der Waals surface area contributed by atoms with Gasteiger partial charge < -0.3 is 14.8 Å². The number of nitrogens with one attached hydrogen (secondary N) is 1. The van der Waals surface area contributed by atoms with Crippen LogP contribution in [0.4, 0.5) is 13.2 Å². The van der Waals surface area contributed by atoms with E-state index in [4.69, 9.17) is 4.74 Å². The minimum Gasteiger partial charge on any atom is -0.405 e. The lowest BCUT2D eigenvalue weighted by atomic mass is 10.0. The molecule has 0 amide bonds. The lowest BCUT2D eigenvalue weighted by molar-refractivity contribution is -0.274. The molecule has 112 valence electrons. The van der Waals surface area contributed by atoms with E-state index in [2.05, 4.69) is 10.1 Å². The zero-order valence-electron chi connectivity index (χ0n) is 11.1. The SMILES string of the molecule is FC(F)(F)Oc1ccccc1CNCC1CCOCC1. The Kier molecular flexibility index (Phi) is 5.25. The van der Waals surface area contributed by atoms with Crippen LogP contribution >= 0.6 is 0 Å². The lowest BCUT2D eigenvalue weighted by Gasteiger charge is -2.22. The number of alkyl halides is 3. The highest BCUT2D eigenvalue weighted by atomic mass is 19.4. The van der Waals surface area contributed by atoms with Gasteiger partial charge in [0.1, 0.15) is 5.75 Å². The van der Waals surface area contributed by atoms with Crippen molar-refractivity contribution in [2.24, 2.45) is 5.92 Å². The first-order valence-corrected chi connectivity index (χ1v) is 6.67. The first kappa shape index (κ1) is 15.1. The van der Waals surface area contributed by atoms with Gasteiger partial charge in [-0.2, -0.15) is 0 Å². The monoisotopic (exact) mass is 289 g/mol. The highest BCUT2D eigenvalue weighted by Crippen LogP contribution is 2.26. The van der Waals surface area contributed by atoms with E-state index in [0.717, 1.165) is 32.6 Å². The van der Waals surface area contributed by atoms with Crippen LogP contribution in [0, 0.1) is 5.92 Å². The average Bonchev–Trinajstić information content (AvgIpc) is 2.40. The average molecular weight is 289 g/mol. The summed E-state index contributed by atoms with van der Waals surface area (Å²) in [6, 6.07) is 6.20. The molecule has 1 N–H and O–H groups in total. The molecule has 1 aromatic rings. The van der Waals surface area contributed by atoms with Crippen molar-refractivity contribution in [3.63, 3.8) is 0 Å². The van der Waals surface area contributed by atoms with Crippen molar-refractivity contribution >= 4 is 0 Å². The molecule has 1 aromatic carbocycles. The minimum atomic E-state index is -4.66. The molecule has 0 aromatic heterocycles. The van der Waals surface area contributed by atoms with Crippen LogP contribution in [0.15, 0.2) is 24.3 Å². The van der Waals surface area contributed by atoms with Crippen molar-refractivity contribution in [1.29, 1.82) is 0 Å². The second kappa shape index (κ2) is 6.95. The third kappa shape index (κ3) is 5.02. The van der Waals surface area contributed by atoms with E-state index in [0.29, 0.717) is 18.0 Å². The van der Waals surface area contributed by atoms with Gasteiger partial charge in [0.2, 0.25) is 0 Å². The fourth-order valence-corrected chi connectivity index (χ4v) is 2.24. The normalized spacial score (nSPS) is 17.1. The molecular weight excluding hydrogens is 271 g/mol. The Bertz CT molecular complexity index is 417. The molecule has 0 bridgehead atoms. The molecule has 1 heterocycles. The summed E-state index contributed by atoms with van der Waals surface area (Å²) < 4.78 is 46.1. The Morgan fingerprint density at radius 3 is 2.60 bits per heavy atom. The maximum absolute atomic E-state index is 12.3. The van der Waals surface area contributed by atoms with E-state index in [1.807, 2.05) is 0 Å². The Morgan fingerprint density at radius 2 is 1.90 bits per heavy atom. The summed E-state index contributed by atoms with van der Waals surface area (Å²) in [6.07, 6.45) is -2.67. The van der Waals surface area contributed by atoms with Gasteiger partial charge >= 0.3 is 6.36 Å². The summed E-state index contributed by atoms with van der Waals surface area (Å²) in [5, 5.41) is 3.19. The van der Waals surface area contributed by atoms with Crippen LogP contribution in [0.1, 0.15) is 18.4 Å². The number of para-hydroxylation sites is 1. The summed E-state index contributed by atoms with van der Waals surface area (Å²) in [7, 11) is 0. The fraction of sp³-hybridized carbons (Fsp3) is 0.571. The molecule has 2 rings (SSSR count). The molecule has 0 atom stereocenters. The van der Waals surface area contributed by atoms with E-state index >= 15 is 0 Å². The second-order valence-corrected chi connectivity index (χ2v) is 4.84. The van der Waals surface area contributed by atoms with Crippen molar-refractivity contribution in [2.75, 3.05) is 19.8 Å². The van der Waals surface area contributed by atoms with Crippen LogP contribution in [0.25, 0.3) is 0 Å². The molecule has 0 aliphatic carbocycles. The zero-order valence-corrected chi connectivity index (χ0v) is 11.1. The largest absolute Gasteiger partial charge is 0.573 e. The second-order valence-electron chi connectivity index (χ2n) is 4.84. The number of hydrogen-bond donors (Lipinski definition) is 1. The number of hydrogen-bond acceptors (Lipinski definition) is 3. The molecule has 1 saturated heterocycles. The first-order valence-electron chi connectivity index (χ1n) is 6.67. The number of halogens is 3. The van der Waals surface area contributed by atoms with Crippen molar-refractivity contribution in [1.82, 2.24) is 5.32 Å². The molecule has 20 heavy (non-hydrogen) atoms. The van der Waals surface area contributed by atoms with Crippen molar-refractivity contribution < 1.29 is 22.6 Å². The predicted octanol–water partition coefficient (Wildman–Crippen LogP) is 3.10. The minimum absolute atomic E-state index is 0.139. The molecule has 0 unspecified atom stereocenters. The molecule has 3 nitrogen and oxygen atoms in total. The molecule has 1 aliphatic heterocycles. The van der Waals surface area contributed by atoms with E-state index in [1.165, 1.54) is 12.1 Å². The number of ether oxygens (including phenoxy) is 2. The zero-order chi connectivity index (χ0) is 14.4. The Labute approximate surface area is 116 Å². The standard InChI is InChI=1S/C14H18F3NO2/c15-14(16,17)20-13-4-2-1-3-12(13)10-18-9-11-5-7-19-8-6-11/h1-4,11,18H,5-10H2. The van der Waals surface area contributed by atoms with Gasteiger partial charge in [0.25, 0.3) is 0 Å². The topological polar surface area (TPSA) is 30.5 Å². The highest BCUT2D eigenvalue weighted by Gasteiger charge is 2.31. The van der Waals surface area contributed by atoms with Gasteiger partial charge in [0.15, 0.2) is 0 Å². The Balaban J connectivity index is 1.85. The highest BCUT2D eigenvalue weighted by molar-refractivity contribution is 5.33. The van der Waals surface area contributed by atoms with E-state index in [9.17, 15) is 13.2 Å².